The van der Waals surface area contributed by atoms with E-state index in [0.717, 1.165) is 22.5 Å². The van der Waals surface area contributed by atoms with Crippen molar-refractivity contribution in [1.82, 2.24) is 9.97 Å². The molecule has 4 heteroatoms. The third kappa shape index (κ3) is 4.64. The van der Waals surface area contributed by atoms with E-state index in [0.29, 0.717) is 21.4 Å². The third-order valence-corrected chi connectivity index (χ3v) is 4.09. The van der Waals surface area contributed by atoms with E-state index in [2.05, 4.69) is 33.6 Å². The Kier molecular flexibility index (Phi) is 5.59. The summed E-state index contributed by atoms with van der Waals surface area (Å²) in [5.41, 5.74) is 4.54. The van der Waals surface area contributed by atoms with Crippen molar-refractivity contribution < 1.29 is 0 Å². The first kappa shape index (κ1) is 18.0. The van der Waals surface area contributed by atoms with Gasteiger partial charge in [-0.3, -0.25) is 0 Å². The molecule has 0 saturated heterocycles. The Bertz CT molecular complexity index is 973. The molecule has 2 aromatic carbocycles. The van der Waals surface area contributed by atoms with Crippen LogP contribution in [-0.2, 0) is 0 Å². The second-order valence-corrected chi connectivity index (χ2v) is 6.48. The number of rotatable bonds is 0. The Morgan fingerprint density at radius 2 is 0.923 bits per heavy atom. The van der Waals surface area contributed by atoms with Crippen LogP contribution in [0.4, 0.5) is 0 Å². The fourth-order valence-electron chi connectivity index (χ4n) is 2.17. The first-order valence-corrected chi connectivity index (χ1v) is 8.67. The van der Waals surface area contributed by atoms with Gasteiger partial charge in [-0.05, 0) is 74.2 Å². The van der Waals surface area contributed by atoms with E-state index in [4.69, 9.17) is 23.2 Å². The monoisotopic (exact) mass is 376 g/mol. The highest BCUT2D eigenvalue weighted by molar-refractivity contribution is 6.30. The molecule has 0 atom stereocenters. The average Bonchev–Trinajstić information content (AvgIpc) is 2.63. The SMILES string of the molecule is Cc1nc(C#Cc2ccc(Cl)cc2)c(C)nc1C#Cc1ccc(Cl)cc1. The zero-order chi connectivity index (χ0) is 18.5. The summed E-state index contributed by atoms with van der Waals surface area (Å²) in [5.74, 6) is 12.3. The molecule has 0 bridgehead atoms. The van der Waals surface area contributed by atoms with Crippen LogP contribution >= 0.6 is 23.2 Å². The average molecular weight is 377 g/mol. The lowest BCUT2D eigenvalue weighted by Gasteiger charge is -2.02. The van der Waals surface area contributed by atoms with Crippen LogP contribution in [0.5, 0.6) is 0 Å². The molecule has 1 aromatic heterocycles. The molecule has 126 valence electrons. The third-order valence-electron chi connectivity index (χ3n) is 3.58. The van der Waals surface area contributed by atoms with Gasteiger partial charge in [0.25, 0.3) is 0 Å². The molecule has 3 aromatic rings. The summed E-state index contributed by atoms with van der Waals surface area (Å²) in [7, 11) is 0. The standard InChI is InChI=1S/C22H14Cl2N2/c1-15-21(13-7-17-3-9-19(23)10-4-17)26-16(2)22(25-15)14-8-18-5-11-20(24)12-6-18/h3-6,9-12H,1-2H3. The summed E-state index contributed by atoms with van der Waals surface area (Å²) in [6.07, 6.45) is 0. The molecular formula is C22H14Cl2N2. The molecule has 26 heavy (non-hydrogen) atoms. The molecule has 0 radical (unpaired) electrons. The van der Waals surface area contributed by atoms with Crippen LogP contribution in [0, 0.1) is 37.5 Å². The van der Waals surface area contributed by atoms with Crippen molar-refractivity contribution in [3.8, 4) is 23.7 Å². The molecule has 2 nitrogen and oxygen atoms in total. The van der Waals surface area contributed by atoms with Crippen molar-refractivity contribution in [3.05, 3.63) is 92.5 Å². The lowest BCUT2D eigenvalue weighted by atomic mass is 10.2. The van der Waals surface area contributed by atoms with E-state index < -0.39 is 0 Å². The Morgan fingerprint density at radius 3 is 1.27 bits per heavy atom. The van der Waals surface area contributed by atoms with Crippen molar-refractivity contribution in [2.24, 2.45) is 0 Å². The maximum absolute atomic E-state index is 5.88. The van der Waals surface area contributed by atoms with Crippen molar-refractivity contribution in [2.45, 2.75) is 13.8 Å². The van der Waals surface area contributed by atoms with Gasteiger partial charge in [-0.15, -0.1) is 0 Å². The molecule has 0 saturated carbocycles. The predicted octanol–water partition coefficient (Wildman–Crippen LogP) is 5.20. The van der Waals surface area contributed by atoms with E-state index in [1.54, 1.807) is 0 Å². The van der Waals surface area contributed by atoms with Gasteiger partial charge in [-0.1, -0.05) is 35.0 Å². The number of halogens is 2. The Labute approximate surface area is 163 Å². The fourth-order valence-corrected chi connectivity index (χ4v) is 2.42. The Morgan fingerprint density at radius 1 is 0.577 bits per heavy atom. The fraction of sp³-hybridized carbons (Fsp3) is 0.0909. The van der Waals surface area contributed by atoms with Crippen LogP contribution < -0.4 is 0 Å². The van der Waals surface area contributed by atoms with Crippen molar-refractivity contribution in [3.63, 3.8) is 0 Å². The van der Waals surface area contributed by atoms with Crippen LogP contribution in [0.2, 0.25) is 10.0 Å². The van der Waals surface area contributed by atoms with Crippen LogP contribution in [0.3, 0.4) is 0 Å². The molecule has 0 aliphatic rings. The molecule has 0 spiro atoms. The summed E-state index contributed by atoms with van der Waals surface area (Å²) in [5, 5.41) is 1.37. The zero-order valence-electron chi connectivity index (χ0n) is 14.3. The minimum absolute atomic E-state index is 0.648. The lowest BCUT2D eigenvalue weighted by Crippen LogP contribution is -2.00. The van der Waals surface area contributed by atoms with Gasteiger partial charge in [-0.25, -0.2) is 9.97 Å². The zero-order valence-corrected chi connectivity index (χ0v) is 15.8. The normalized spacial score (nSPS) is 9.69. The summed E-state index contributed by atoms with van der Waals surface area (Å²) in [6, 6.07) is 14.7. The lowest BCUT2D eigenvalue weighted by molar-refractivity contribution is 1.02. The van der Waals surface area contributed by atoms with Gasteiger partial charge < -0.3 is 0 Å². The van der Waals surface area contributed by atoms with Crippen molar-refractivity contribution >= 4 is 23.2 Å². The molecule has 0 amide bonds. The first-order chi connectivity index (χ1) is 12.5. The van der Waals surface area contributed by atoms with Gasteiger partial charge >= 0.3 is 0 Å². The first-order valence-electron chi connectivity index (χ1n) is 7.92. The van der Waals surface area contributed by atoms with E-state index in [9.17, 15) is 0 Å². The van der Waals surface area contributed by atoms with Crippen LogP contribution in [0.1, 0.15) is 33.9 Å². The maximum Gasteiger partial charge on any atom is 0.135 e. The predicted molar refractivity (Wildman–Crippen MR) is 106 cm³/mol. The van der Waals surface area contributed by atoms with Gasteiger partial charge in [0.05, 0.1) is 11.4 Å². The number of hydrogen-bond donors (Lipinski definition) is 0. The van der Waals surface area contributed by atoms with Crippen LogP contribution in [0.15, 0.2) is 48.5 Å². The Balaban J connectivity index is 1.87. The number of nitrogens with zero attached hydrogens (tertiary/aromatic N) is 2. The minimum atomic E-state index is 0.648. The van der Waals surface area contributed by atoms with E-state index in [-0.39, 0.29) is 0 Å². The molecule has 1 heterocycles. The molecule has 3 rings (SSSR count). The van der Waals surface area contributed by atoms with E-state index in [1.807, 2.05) is 62.4 Å². The van der Waals surface area contributed by atoms with Gasteiger partial charge in [0, 0.05) is 21.2 Å². The number of benzene rings is 2. The summed E-state index contributed by atoms with van der Waals surface area (Å²) < 4.78 is 0. The quantitative estimate of drug-likeness (QED) is 0.504. The second kappa shape index (κ2) is 8.07. The summed E-state index contributed by atoms with van der Waals surface area (Å²) in [4.78, 5) is 9.09. The summed E-state index contributed by atoms with van der Waals surface area (Å²) >= 11 is 11.8. The number of hydrogen-bond acceptors (Lipinski definition) is 2. The number of aromatic nitrogens is 2. The van der Waals surface area contributed by atoms with Gasteiger partial charge in [0.1, 0.15) is 11.4 Å². The van der Waals surface area contributed by atoms with Crippen LogP contribution in [-0.4, -0.2) is 9.97 Å². The number of aryl methyl sites for hydroxylation is 2. The van der Waals surface area contributed by atoms with Crippen molar-refractivity contribution in [1.29, 1.82) is 0 Å². The van der Waals surface area contributed by atoms with Gasteiger partial charge in [0.15, 0.2) is 0 Å². The molecule has 0 aliphatic carbocycles. The van der Waals surface area contributed by atoms with Gasteiger partial charge in [0.2, 0.25) is 0 Å². The Hall–Kier alpha value is -2.78. The summed E-state index contributed by atoms with van der Waals surface area (Å²) in [6.45, 7) is 3.76. The van der Waals surface area contributed by atoms with Gasteiger partial charge in [-0.2, -0.15) is 0 Å². The van der Waals surface area contributed by atoms with E-state index >= 15 is 0 Å². The highest BCUT2D eigenvalue weighted by atomic mass is 35.5. The van der Waals surface area contributed by atoms with E-state index in [1.165, 1.54) is 0 Å². The molecule has 0 aliphatic heterocycles. The molecule has 0 unspecified atom stereocenters. The molecular weight excluding hydrogens is 363 g/mol. The topological polar surface area (TPSA) is 25.8 Å². The maximum atomic E-state index is 5.88. The highest BCUT2D eigenvalue weighted by Crippen LogP contribution is 2.11. The largest absolute Gasteiger partial charge is 0.240 e. The molecule has 0 fully saturated rings. The highest BCUT2D eigenvalue weighted by Gasteiger charge is 2.04. The second-order valence-electron chi connectivity index (χ2n) is 5.61. The smallest absolute Gasteiger partial charge is 0.135 e. The van der Waals surface area contributed by atoms with Crippen LogP contribution in [0.25, 0.3) is 0 Å². The molecule has 0 N–H and O–H groups in total. The minimum Gasteiger partial charge on any atom is -0.240 e. The van der Waals surface area contributed by atoms with Crippen molar-refractivity contribution in [2.75, 3.05) is 0 Å².